The van der Waals surface area contributed by atoms with Crippen molar-refractivity contribution in [2.45, 2.75) is 38.0 Å². The van der Waals surface area contributed by atoms with Crippen molar-refractivity contribution in [2.75, 3.05) is 31.6 Å². The highest BCUT2D eigenvalue weighted by Crippen LogP contribution is 2.28. The van der Waals surface area contributed by atoms with Crippen LogP contribution < -0.4 is 20.3 Å². The molecule has 8 heteroatoms. The fraction of sp³-hybridized carbons (Fsp3) is 0.625. The minimum atomic E-state index is -0.963. The third-order valence-electron chi connectivity index (χ3n) is 4.45. The number of nitrogens with one attached hydrogen (secondary N) is 2. The van der Waals surface area contributed by atoms with Gasteiger partial charge in [0.05, 0.1) is 19.7 Å². The molecule has 2 aliphatic heterocycles. The molecule has 2 saturated heterocycles. The van der Waals surface area contributed by atoms with Crippen molar-refractivity contribution in [1.82, 2.24) is 15.6 Å². The lowest BCUT2D eigenvalue weighted by Crippen LogP contribution is -2.40. The zero-order valence-corrected chi connectivity index (χ0v) is 13.6. The van der Waals surface area contributed by atoms with Gasteiger partial charge < -0.3 is 20.3 Å². The molecular formula is C16H22F2N4O2. The molecule has 2 aliphatic rings. The van der Waals surface area contributed by atoms with Gasteiger partial charge in [-0.2, -0.15) is 4.98 Å². The first-order chi connectivity index (χ1) is 11.6. The molecule has 132 valence electrons. The summed E-state index contributed by atoms with van der Waals surface area (Å²) in [5.41, 5.74) is 0.459. The van der Waals surface area contributed by atoms with Crippen LogP contribution >= 0.6 is 0 Å². The van der Waals surface area contributed by atoms with Gasteiger partial charge in [-0.1, -0.05) is 0 Å². The molecule has 0 saturated carbocycles. The average Bonchev–Trinajstić information content (AvgIpc) is 3.24. The van der Waals surface area contributed by atoms with Crippen LogP contribution in [0.4, 0.5) is 14.6 Å². The lowest BCUT2D eigenvalue weighted by Gasteiger charge is -2.19. The van der Waals surface area contributed by atoms with Gasteiger partial charge in [0.2, 0.25) is 11.8 Å². The SMILES string of the molecule is COc1nc(N2CCC(F)C2)c(F)cc1CNC(=O)[C@@H]1CCCN1. The summed E-state index contributed by atoms with van der Waals surface area (Å²) in [6.07, 6.45) is 1.18. The maximum Gasteiger partial charge on any atom is 0.237 e. The first kappa shape index (κ1) is 16.9. The number of amides is 1. The minimum Gasteiger partial charge on any atom is -0.481 e. The molecule has 0 radical (unpaired) electrons. The third-order valence-corrected chi connectivity index (χ3v) is 4.45. The third kappa shape index (κ3) is 3.58. The Hall–Kier alpha value is -1.96. The fourth-order valence-electron chi connectivity index (χ4n) is 3.15. The number of ether oxygens (including phenoxy) is 1. The number of nitrogens with zero attached hydrogens (tertiary/aromatic N) is 2. The number of hydrogen-bond donors (Lipinski definition) is 2. The molecular weight excluding hydrogens is 318 g/mol. The molecule has 24 heavy (non-hydrogen) atoms. The number of pyridine rings is 1. The van der Waals surface area contributed by atoms with Gasteiger partial charge in [0.25, 0.3) is 0 Å². The van der Waals surface area contributed by atoms with Crippen LogP contribution in [0.25, 0.3) is 0 Å². The predicted molar refractivity (Wildman–Crippen MR) is 85.3 cm³/mol. The van der Waals surface area contributed by atoms with Gasteiger partial charge in [-0.15, -0.1) is 0 Å². The molecule has 0 aliphatic carbocycles. The number of aromatic nitrogens is 1. The van der Waals surface area contributed by atoms with E-state index in [-0.39, 0.29) is 36.7 Å². The molecule has 2 N–H and O–H groups in total. The largest absolute Gasteiger partial charge is 0.481 e. The lowest BCUT2D eigenvalue weighted by atomic mass is 10.2. The highest BCUT2D eigenvalue weighted by molar-refractivity contribution is 5.82. The van der Waals surface area contributed by atoms with E-state index in [9.17, 15) is 13.6 Å². The highest BCUT2D eigenvalue weighted by Gasteiger charge is 2.27. The lowest BCUT2D eigenvalue weighted by molar-refractivity contribution is -0.122. The van der Waals surface area contributed by atoms with Crippen LogP contribution in [0, 0.1) is 5.82 Å². The van der Waals surface area contributed by atoms with E-state index in [2.05, 4.69) is 15.6 Å². The molecule has 3 heterocycles. The van der Waals surface area contributed by atoms with Gasteiger partial charge in [-0.05, 0) is 31.9 Å². The topological polar surface area (TPSA) is 66.5 Å². The van der Waals surface area contributed by atoms with E-state index in [0.29, 0.717) is 18.5 Å². The maximum atomic E-state index is 14.4. The summed E-state index contributed by atoms with van der Waals surface area (Å²) in [6.45, 7) is 1.53. The Balaban J connectivity index is 1.71. The molecule has 3 rings (SSSR count). The highest BCUT2D eigenvalue weighted by atomic mass is 19.1. The number of anilines is 1. The van der Waals surface area contributed by atoms with Crippen LogP contribution in [0.1, 0.15) is 24.8 Å². The normalized spacial score (nSPS) is 23.5. The number of methoxy groups -OCH3 is 1. The van der Waals surface area contributed by atoms with Gasteiger partial charge in [0, 0.05) is 18.7 Å². The molecule has 0 bridgehead atoms. The smallest absolute Gasteiger partial charge is 0.237 e. The standard InChI is InChI=1S/C16H22F2N4O2/c1-24-16-10(8-20-15(23)13-3-2-5-19-13)7-12(18)14(21-16)22-6-4-11(17)9-22/h7,11,13,19H,2-6,8-9H2,1H3,(H,20,23)/t11?,13-/m0/s1. The van der Waals surface area contributed by atoms with Crippen molar-refractivity contribution in [3.63, 3.8) is 0 Å². The Morgan fingerprint density at radius 3 is 3.00 bits per heavy atom. The Bertz CT molecular complexity index is 608. The number of rotatable bonds is 5. The quantitative estimate of drug-likeness (QED) is 0.842. The van der Waals surface area contributed by atoms with Gasteiger partial charge >= 0.3 is 0 Å². The van der Waals surface area contributed by atoms with Gasteiger partial charge in [-0.3, -0.25) is 4.79 Å². The van der Waals surface area contributed by atoms with Crippen molar-refractivity contribution in [1.29, 1.82) is 0 Å². The Labute approximate surface area is 139 Å². The average molecular weight is 340 g/mol. The molecule has 0 spiro atoms. The molecule has 1 amide bonds. The Morgan fingerprint density at radius 1 is 1.54 bits per heavy atom. The fourth-order valence-corrected chi connectivity index (χ4v) is 3.15. The number of carbonyl (C=O) groups is 1. The van der Waals surface area contributed by atoms with E-state index in [1.54, 1.807) is 4.90 Å². The molecule has 2 fully saturated rings. The van der Waals surface area contributed by atoms with Crippen molar-refractivity contribution in [3.8, 4) is 5.88 Å². The van der Waals surface area contributed by atoms with E-state index in [4.69, 9.17) is 4.74 Å². The molecule has 0 aromatic carbocycles. The first-order valence-corrected chi connectivity index (χ1v) is 8.22. The van der Waals surface area contributed by atoms with Gasteiger partial charge in [-0.25, -0.2) is 8.78 Å². The number of halogens is 2. The van der Waals surface area contributed by atoms with Gasteiger partial charge in [0.1, 0.15) is 6.17 Å². The van der Waals surface area contributed by atoms with E-state index < -0.39 is 12.0 Å². The summed E-state index contributed by atoms with van der Waals surface area (Å²) in [5, 5.41) is 5.88. The summed E-state index contributed by atoms with van der Waals surface area (Å²) >= 11 is 0. The Morgan fingerprint density at radius 2 is 2.38 bits per heavy atom. The zero-order chi connectivity index (χ0) is 17.1. The summed E-state index contributed by atoms with van der Waals surface area (Å²) in [5.74, 6) is -0.306. The molecule has 6 nitrogen and oxygen atoms in total. The Kier molecular flexibility index (Phi) is 5.13. The van der Waals surface area contributed by atoms with Gasteiger partial charge in [0.15, 0.2) is 11.6 Å². The van der Waals surface area contributed by atoms with E-state index >= 15 is 0 Å². The van der Waals surface area contributed by atoms with E-state index in [1.807, 2.05) is 0 Å². The summed E-state index contributed by atoms with van der Waals surface area (Å²) in [7, 11) is 1.44. The van der Waals surface area contributed by atoms with Crippen molar-refractivity contribution < 1.29 is 18.3 Å². The maximum absolute atomic E-state index is 14.4. The van der Waals surface area contributed by atoms with Crippen LogP contribution in [0.5, 0.6) is 5.88 Å². The van der Waals surface area contributed by atoms with Crippen LogP contribution in [0.15, 0.2) is 6.07 Å². The van der Waals surface area contributed by atoms with Crippen LogP contribution in [0.2, 0.25) is 0 Å². The van der Waals surface area contributed by atoms with Crippen molar-refractivity contribution in [2.24, 2.45) is 0 Å². The van der Waals surface area contributed by atoms with Crippen LogP contribution in [0.3, 0.4) is 0 Å². The number of carbonyl (C=O) groups excluding carboxylic acids is 1. The van der Waals surface area contributed by atoms with Crippen molar-refractivity contribution >= 4 is 11.7 Å². The molecule has 1 aromatic heterocycles. The molecule has 2 atom stereocenters. The summed E-state index contributed by atoms with van der Waals surface area (Å²) < 4.78 is 32.9. The van der Waals surface area contributed by atoms with E-state index in [0.717, 1.165) is 19.4 Å². The predicted octanol–water partition coefficient (Wildman–Crippen LogP) is 1.15. The zero-order valence-electron chi connectivity index (χ0n) is 13.6. The second kappa shape index (κ2) is 7.29. The molecule has 1 aromatic rings. The second-order valence-corrected chi connectivity index (χ2v) is 6.16. The first-order valence-electron chi connectivity index (χ1n) is 8.22. The van der Waals surface area contributed by atoms with Crippen LogP contribution in [-0.2, 0) is 11.3 Å². The number of hydrogen-bond acceptors (Lipinski definition) is 5. The van der Waals surface area contributed by atoms with E-state index in [1.165, 1.54) is 13.2 Å². The van der Waals surface area contributed by atoms with Crippen molar-refractivity contribution in [3.05, 3.63) is 17.4 Å². The number of alkyl halides is 1. The second-order valence-electron chi connectivity index (χ2n) is 6.16. The monoisotopic (exact) mass is 340 g/mol. The summed E-state index contributed by atoms with van der Waals surface area (Å²) in [6, 6.07) is 1.11. The molecule has 1 unspecified atom stereocenters. The van der Waals surface area contributed by atoms with Crippen LogP contribution in [-0.4, -0.2) is 49.8 Å². The summed E-state index contributed by atoms with van der Waals surface area (Å²) in [4.78, 5) is 17.8. The minimum absolute atomic E-state index is 0.0968.